The molecule has 1 fully saturated rings. The van der Waals surface area contributed by atoms with Gasteiger partial charge >= 0.3 is 0 Å². The summed E-state index contributed by atoms with van der Waals surface area (Å²) in [4.78, 5) is 13.9. The van der Waals surface area contributed by atoms with Gasteiger partial charge in [0.15, 0.2) is 0 Å². The Morgan fingerprint density at radius 1 is 1.41 bits per heavy atom. The van der Waals surface area contributed by atoms with E-state index in [4.69, 9.17) is 9.47 Å². The van der Waals surface area contributed by atoms with Crippen LogP contribution in [0.4, 0.5) is 0 Å². The zero-order chi connectivity index (χ0) is 15.9. The molecular weight excluding hydrogens is 512 g/mol. The molecular formula is C14H17I2N3O3. The van der Waals surface area contributed by atoms with E-state index >= 15 is 0 Å². The Labute approximate surface area is 156 Å². The number of ether oxygens (including phenoxy) is 2. The van der Waals surface area contributed by atoms with Crippen LogP contribution in [0.5, 0.6) is 5.75 Å². The summed E-state index contributed by atoms with van der Waals surface area (Å²) >= 11 is 4.43. The van der Waals surface area contributed by atoms with Crippen molar-refractivity contribution in [1.82, 2.24) is 10.3 Å². The Hall–Kier alpha value is -0.460. The zero-order valence-corrected chi connectivity index (χ0v) is 16.5. The molecule has 0 bridgehead atoms. The second-order valence-corrected chi connectivity index (χ2v) is 7.02. The molecule has 1 N–H and O–H groups in total. The molecule has 1 aromatic rings. The van der Waals surface area contributed by atoms with Crippen molar-refractivity contribution in [3.8, 4) is 5.75 Å². The van der Waals surface area contributed by atoms with Gasteiger partial charge in [0.25, 0.3) is 5.91 Å². The quantitative estimate of drug-likeness (QED) is 0.359. The molecule has 1 aliphatic heterocycles. The minimum atomic E-state index is -0.115. The molecule has 6 nitrogen and oxygen atoms in total. The molecule has 0 spiro atoms. The van der Waals surface area contributed by atoms with Crippen LogP contribution >= 0.6 is 45.2 Å². The van der Waals surface area contributed by atoms with Gasteiger partial charge in [0, 0.05) is 13.1 Å². The Kier molecular flexibility index (Phi) is 7.31. The number of carbonyl (C=O) groups excluding carboxylic acids is 1. The smallest absolute Gasteiger partial charge is 0.254 e. The third kappa shape index (κ3) is 5.32. The van der Waals surface area contributed by atoms with Crippen LogP contribution in [0.15, 0.2) is 17.2 Å². The van der Waals surface area contributed by atoms with Crippen LogP contribution in [0.1, 0.15) is 5.56 Å². The highest BCUT2D eigenvalue weighted by molar-refractivity contribution is 14.1. The number of methoxy groups -OCH3 is 1. The average molecular weight is 529 g/mol. The van der Waals surface area contributed by atoms with Gasteiger partial charge in [-0.2, -0.15) is 5.10 Å². The van der Waals surface area contributed by atoms with Crippen molar-refractivity contribution in [3.63, 3.8) is 0 Å². The van der Waals surface area contributed by atoms with E-state index in [-0.39, 0.29) is 5.91 Å². The van der Waals surface area contributed by atoms with Crippen molar-refractivity contribution >= 4 is 57.3 Å². The molecule has 120 valence electrons. The summed E-state index contributed by atoms with van der Waals surface area (Å²) < 4.78 is 12.6. The third-order valence-corrected chi connectivity index (χ3v) is 4.70. The average Bonchev–Trinajstić information content (AvgIpc) is 2.48. The summed E-state index contributed by atoms with van der Waals surface area (Å²) in [5.74, 6) is 0.741. The lowest BCUT2D eigenvalue weighted by Crippen LogP contribution is -2.42. The first-order valence-corrected chi connectivity index (χ1v) is 8.91. The first kappa shape index (κ1) is 17.9. The number of amides is 1. The van der Waals surface area contributed by atoms with Gasteiger partial charge in [-0.05, 0) is 62.9 Å². The number of carbonyl (C=O) groups is 1. The van der Waals surface area contributed by atoms with Crippen LogP contribution in [0.25, 0.3) is 0 Å². The van der Waals surface area contributed by atoms with Crippen LogP contribution < -0.4 is 10.2 Å². The van der Waals surface area contributed by atoms with Crippen LogP contribution in [0.2, 0.25) is 0 Å². The maximum atomic E-state index is 11.8. The molecule has 0 aliphatic carbocycles. The molecule has 1 aliphatic rings. The highest BCUT2D eigenvalue weighted by atomic mass is 127. The molecule has 0 radical (unpaired) electrons. The van der Waals surface area contributed by atoms with E-state index in [0.717, 1.165) is 31.5 Å². The van der Waals surface area contributed by atoms with Crippen molar-refractivity contribution < 1.29 is 14.3 Å². The van der Waals surface area contributed by atoms with Gasteiger partial charge < -0.3 is 9.47 Å². The van der Waals surface area contributed by atoms with Gasteiger partial charge in [0.1, 0.15) is 5.75 Å². The zero-order valence-electron chi connectivity index (χ0n) is 12.1. The van der Waals surface area contributed by atoms with Crippen LogP contribution in [-0.4, -0.2) is 57.0 Å². The lowest BCUT2D eigenvalue weighted by Gasteiger charge is -2.25. The van der Waals surface area contributed by atoms with Gasteiger partial charge in [-0.3, -0.25) is 9.69 Å². The molecule has 0 unspecified atom stereocenters. The first-order valence-electron chi connectivity index (χ1n) is 6.75. The standard InChI is InChI=1S/C14H17I2N3O3/c1-21-14-11(15)6-10(7-12(14)16)8-17-18-13(20)9-19-2-4-22-5-3-19/h6-8H,2-5,9H2,1H3,(H,18,20)/b17-8-. The number of morpholine rings is 1. The van der Waals surface area contributed by atoms with E-state index in [1.54, 1.807) is 13.3 Å². The fraction of sp³-hybridized carbons (Fsp3) is 0.429. The third-order valence-electron chi connectivity index (χ3n) is 3.10. The number of benzene rings is 1. The van der Waals surface area contributed by atoms with Crippen LogP contribution in [0.3, 0.4) is 0 Å². The van der Waals surface area contributed by atoms with Gasteiger partial charge in [-0.25, -0.2) is 5.43 Å². The topological polar surface area (TPSA) is 63.2 Å². The molecule has 0 aromatic heterocycles. The minimum Gasteiger partial charge on any atom is -0.495 e. The maximum Gasteiger partial charge on any atom is 0.254 e. The number of nitrogens with zero attached hydrogens (tertiary/aromatic N) is 2. The lowest BCUT2D eigenvalue weighted by atomic mass is 10.2. The molecule has 1 saturated heterocycles. The molecule has 8 heteroatoms. The van der Waals surface area contributed by atoms with E-state index in [2.05, 4.69) is 55.7 Å². The molecule has 1 amide bonds. The van der Waals surface area contributed by atoms with Crippen LogP contribution in [-0.2, 0) is 9.53 Å². The summed E-state index contributed by atoms with van der Waals surface area (Å²) in [5, 5.41) is 4.01. The van der Waals surface area contributed by atoms with Gasteiger partial charge in [-0.15, -0.1) is 0 Å². The van der Waals surface area contributed by atoms with E-state index in [1.807, 2.05) is 17.0 Å². The van der Waals surface area contributed by atoms with E-state index in [9.17, 15) is 4.79 Å². The second kappa shape index (κ2) is 8.99. The monoisotopic (exact) mass is 529 g/mol. The van der Waals surface area contributed by atoms with Crippen molar-refractivity contribution in [2.75, 3.05) is 40.0 Å². The van der Waals surface area contributed by atoms with Gasteiger partial charge in [0.2, 0.25) is 0 Å². The largest absolute Gasteiger partial charge is 0.495 e. The minimum absolute atomic E-state index is 0.115. The fourth-order valence-electron chi connectivity index (χ4n) is 2.03. The SMILES string of the molecule is COc1c(I)cc(/C=N\NC(=O)CN2CCOCC2)cc1I. The number of hydrogen-bond donors (Lipinski definition) is 1. The number of nitrogens with one attached hydrogen (secondary N) is 1. The maximum absolute atomic E-state index is 11.8. The Balaban J connectivity index is 1.87. The highest BCUT2D eigenvalue weighted by Gasteiger charge is 2.13. The number of hydrazone groups is 1. The van der Waals surface area contributed by atoms with E-state index in [1.165, 1.54) is 0 Å². The predicted octanol–water partition coefficient (Wildman–Crippen LogP) is 1.69. The molecule has 22 heavy (non-hydrogen) atoms. The molecule has 1 heterocycles. The van der Waals surface area contributed by atoms with Crippen molar-refractivity contribution in [1.29, 1.82) is 0 Å². The molecule has 0 atom stereocenters. The molecule has 0 saturated carbocycles. The van der Waals surface area contributed by atoms with Gasteiger partial charge in [0.05, 0.1) is 40.2 Å². The molecule has 1 aromatic carbocycles. The lowest BCUT2D eigenvalue weighted by molar-refractivity contribution is -0.123. The summed E-state index contributed by atoms with van der Waals surface area (Å²) in [5.41, 5.74) is 3.48. The summed E-state index contributed by atoms with van der Waals surface area (Å²) in [6, 6.07) is 3.92. The van der Waals surface area contributed by atoms with E-state index < -0.39 is 0 Å². The van der Waals surface area contributed by atoms with Crippen molar-refractivity contribution in [3.05, 3.63) is 24.8 Å². The second-order valence-electron chi connectivity index (χ2n) is 4.70. The highest BCUT2D eigenvalue weighted by Crippen LogP contribution is 2.27. The number of hydrogen-bond acceptors (Lipinski definition) is 5. The van der Waals surface area contributed by atoms with Gasteiger partial charge in [-0.1, -0.05) is 0 Å². The summed E-state index contributed by atoms with van der Waals surface area (Å²) in [7, 11) is 1.65. The summed E-state index contributed by atoms with van der Waals surface area (Å²) in [6.07, 6.45) is 1.64. The number of halogens is 2. The van der Waals surface area contributed by atoms with Crippen LogP contribution in [0, 0.1) is 7.14 Å². The summed E-state index contributed by atoms with van der Waals surface area (Å²) in [6.45, 7) is 3.27. The Morgan fingerprint density at radius 2 is 2.05 bits per heavy atom. The normalized spacial score (nSPS) is 16.0. The molecule has 2 rings (SSSR count). The Bertz CT molecular complexity index is 537. The van der Waals surface area contributed by atoms with E-state index in [0.29, 0.717) is 19.8 Å². The van der Waals surface area contributed by atoms with Crippen molar-refractivity contribution in [2.24, 2.45) is 5.10 Å². The van der Waals surface area contributed by atoms with Crippen molar-refractivity contribution in [2.45, 2.75) is 0 Å². The Morgan fingerprint density at radius 3 is 2.64 bits per heavy atom. The fourth-order valence-corrected chi connectivity index (χ4v) is 4.28. The predicted molar refractivity (Wildman–Crippen MR) is 101 cm³/mol. The number of rotatable bonds is 5. The first-order chi connectivity index (χ1) is 10.6.